The van der Waals surface area contributed by atoms with Crippen LogP contribution >= 0.6 is 0 Å². The van der Waals surface area contributed by atoms with Crippen LogP contribution in [0.25, 0.3) is 0 Å². The SMILES string of the molecule is CCCOc1ccc(OCC2CCC(C)CC2)c(F)c1F. The number of halogens is 2. The molecule has 2 rings (SSSR count). The summed E-state index contributed by atoms with van der Waals surface area (Å²) in [7, 11) is 0. The number of hydrogen-bond donors (Lipinski definition) is 0. The predicted octanol–water partition coefficient (Wildman–Crippen LogP) is 4.96. The van der Waals surface area contributed by atoms with Gasteiger partial charge in [-0.2, -0.15) is 8.78 Å². The maximum absolute atomic E-state index is 13.9. The summed E-state index contributed by atoms with van der Waals surface area (Å²) in [5.41, 5.74) is 0. The minimum atomic E-state index is -0.960. The summed E-state index contributed by atoms with van der Waals surface area (Å²) in [5, 5.41) is 0. The van der Waals surface area contributed by atoms with Crippen molar-refractivity contribution in [2.24, 2.45) is 11.8 Å². The molecule has 1 fully saturated rings. The molecule has 2 nitrogen and oxygen atoms in total. The molecule has 0 spiro atoms. The van der Waals surface area contributed by atoms with Gasteiger partial charge in [0.05, 0.1) is 13.2 Å². The van der Waals surface area contributed by atoms with E-state index in [1.807, 2.05) is 6.92 Å². The molecule has 0 N–H and O–H groups in total. The highest BCUT2D eigenvalue weighted by Crippen LogP contribution is 2.31. The van der Waals surface area contributed by atoms with E-state index < -0.39 is 11.6 Å². The van der Waals surface area contributed by atoms with Gasteiger partial charge in [-0.15, -0.1) is 0 Å². The zero-order valence-corrected chi connectivity index (χ0v) is 12.8. The molecule has 21 heavy (non-hydrogen) atoms. The number of benzene rings is 1. The van der Waals surface area contributed by atoms with Crippen molar-refractivity contribution in [1.29, 1.82) is 0 Å². The van der Waals surface area contributed by atoms with E-state index in [0.29, 0.717) is 19.1 Å². The molecule has 0 bridgehead atoms. The first-order chi connectivity index (χ1) is 10.1. The minimum Gasteiger partial charge on any atom is -0.490 e. The fourth-order valence-corrected chi connectivity index (χ4v) is 2.65. The van der Waals surface area contributed by atoms with Crippen molar-refractivity contribution in [2.45, 2.75) is 46.0 Å². The lowest BCUT2D eigenvalue weighted by Gasteiger charge is -2.26. The van der Waals surface area contributed by atoms with Crippen molar-refractivity contribution in [3.05, 3.63) is 23.8 Å². The lowest BCUT2D eigenvalue weighted by molar-refractivity contribution is 0.181. The van der Waals surface area contributed by atoms with E-state index >= 15 is 0 Å². The summed E-state index contributed by atoms with van der Waals surface area (Å²) in [5.74, 6) is -0.765. The Bertz CT molecular complexity index is 454. The van der Waals surface area contributed by atoms with E-state index in [4.69, 9.17) is 9.47 Å². The Morgan fingerprint density at radius 3 is 2.14 bits per heavy atom. The quantitative estimate of drug-likeness (QED) is 0.739. The predicted molar refractivity (Wildman–Crippen MR) is 78.8 cm³/mol. The number of ether oxygens (including phenoxy) is 2. The monoisotopic (exact) mass is 298 g/mol. The van der Waals surface area contributed by atoms with Gasteiger partial charge in [0.15, 0.2) is 11.5 Å². The Morgan fingerprint density at radius 2 is 1.57 bits per heavy atom. The van der Waals surface area contributed by atoms with Gasteiger partial charge in [-0.05, 0) is 43.2 Å². The van der Waals surface area contributed by atoms with Gasteiger partial charge in [-0.3, -0.25) is 0 Å². The molecule has 0 saturated heterocycles. The topological polar surface area (TPSA) is 18.5 Å². The Kier molecular flexibility index (Phi) is 5.83. The third-order valence-corrected chi connectivity index (χ3v) is 4.08. The zero-order chi connectivity index (χ0) is 15.2. The van der Waals surface area contributed by atoms with Gasteiger partial charge >= 0.3 is 0 Å². The summed E-state index contributed by atoms with van der Waals surface area (Å²) in [6.45, 7) is 4.99. The molecular weight excluding hydrogens is 274 g/mol. The fourth-order valence-electron chi connectivity index (χ4n) is 2.65. The van der Waals surface area contributed by atoms with E-state index in [0.717, 1.165) is 25.2 Å². The molecule has 0 atom stereocenters. The fraction of sp³-hybridized carbons (Fsp3) is 0.647. The van der Waals surface area contributed by atoms with Gasteiger partial charge in [-0.1, -0.05) is 26.7 Å². The highest BCUT2D eigenvalue weighted by Gasteiger charge is 2.20. The van der Waals surface area contributed by atoms with Gasteiger partial charge in [0.1, 0.15) is 0 Å². The van der Waals surface area contributed by atoms with Crippen molar-refractivity contribution < 1.29 is 18.3 Å². The van der Waals surface area contributed by atoms with Crippen molar-refractivity contribution >= 4 is 0 Å². The molecule has 0 amide bonds. The number of rotatable bonds is 6. The standard InChI is InChI=1S/C17H24F2O2/c1-3-10-20-14-8-9-15(17(19)16(14)18)21-11-13-6-4-12(2)5-7-13/h8-9,12-13H,3-7,10-11H2,1-2H3. The summed E-state index contributed by atoms with van der Waals surface area (Å²) in [6, 6.07) is 2.89. The molecule has 1 aliphatic carbocycles. The van der Waals surface area contributed by atoms with E-state index in [1.54, 1.807) is 0 Å². The average molecular weight is 298 g/mol. The average Bonchev–Trinajstić information content (AvgIpc) is 2.49. The van der Waals surface area contributed by atoms with Crippen LogP contribution in [0, 0.1) is 23.5 Å². The van der Waals surface area contributed by atoms with Crippen molar-refractivity contribution in [2.75, 3.05) is 13.2 Å². The Hall–Kier alpha value is -1.32. The Labute approximate surface area is 125 Å². The second-order valence-corrected chi connectivity index (χ2v) is 5.98. The highest BCUT2D eigenvalue weighted by atomic mass is 19.2. The lowest BCUT2D eigenvalue weighted by Crippen LogP contribution is -2.19. The Balaban J connectivity index is 1.92. The molecule has 0 aliphatic heterocycles. The second-order valence-electron chi connectivity index (χ2n) is 5.98. The van der Waals surface area contributed by atoms with E-state index in [9.17, 15) is 8.78 Å². The van der Waals surface area contributed by atoms with Crippen LogP contribution in [-0.4, -0.2) is 13.2 Å². The van der Waals surface area contributed by atoms with Crippen LogP contribution in [0.2, 0.25) is 0 Å². The van der Waals surface area contributed by atoms with Crippen molar-refractivity contribution in [3.63, 3.8) is 0 Å². The van der Waals surface area contributed by atoms with Crippen molar-refractivity contribution in [3.8, 4) is 11.5 Å². The molecule has 1 saturated carbocycles. The van der Waals surface area contributed by atoms with Crippen LogP contribution in [0.4, 0.5) is 8.78 Å². The molecule has 1 aromatic carbocycles. The van der Waals surface area contributed by atoms with Crippen LogP contribution in [-0.2, 0) is 0 Å². The molecule has 0 heterocycles. The van der Waals surface area contributed by atoms with Gasteiger partial charge in [0, 0.05) is 0 Å². The maximum atomic E-state index is 13.9. The smallest absolute Gasteiger partial charge is 0.204 e. The van der Waals surface area contributed by atoms with Gasteiger partial charge in [-0.25, -0.2) is 0 Å². The number of hydrogen-bond acceptors (Lipinski definition) is 2. The molecule has 0 unspecified atom stereocenters. The summed E-state index contributed by atoms with van der Waals surface area (Å²) in [4.78, 5) is 0. The van der Waals surface area contributed by atoms with Gasteiger partial charge in [0.2, 0.25) is 11.6 Å². The first-order valence-corrected chi connectivity index (χ1v) is 7.85. The molecule has 4 heteroatoms. The van der Waals surface area contributed by atoms with Crippen LogP contribution < -0.4 is 9.47 Å². The largest absolute Gasteiger partial charge is 0.490 e. The maximum Gasteiger partial charge on any atom is 0.204 e. The summed E-state index contributed by atoms with van der Waals surface area (Å²) in [6.07, 6.45) is 5.33. The first kappa shape index (κ1) is 16.1. The third-order valence-electron chi connectivity index (χ3n) is 4.08. The molecule has 1 aromatic rings. The zero-order valence-electron chi connectivity index (χ0n) is 12.8. The lowest BCUT2D eigenvalue weighted by atomic mass is 9.83. The summed E-state index contributed by atoms with van der Waals surface area (Å²) >= 11 is 0. The molecule has 0 radical (unpaired) electrons. The minimum absolute atomic E-state index is 0.0185. The highest BCUT2D eigenvalue weighted by molar-refractivity contribution is 5.35. The van der Waals surface area contributed by atoms with Crippen LogP contribution in [0.1, 0.15) is 46.0 Å². The Morgan fingerprint density at radius 1 is 1.00 bits per heavy atom. The van der Waals surface area contributed by atoms with Crippen LogP contribution in [0.3, 0.4) is 0 Å². The van der Waals surface area contributed by atoms with E-state index in [-0.39, 0.29) is 11.5 Å². The van der Waals surface area contributed by atoms with Crippen LogP contribution in [0.5, 0.6) is 11.5 Å². The molecule has 1 aliphatic rings. The summed E-state index contributed by atoms with van der Waals surface area (Å²) < 4.78 is 38.4. The van der Waals surface area contributed by atoms with E-state index in [2.05, 4.69) is 6.92 Å². The van der Waals surface area contributed by atoms with Gasteiger partial charge in [0.25, 0.3) is 0 Å². The molecule has 0 aromatic heterocycles. The van der Waals surface area contributed by atoms with Crippen LogP contribution in [0.15, 0.2) is 12.1 Å². The van der Waals surface area contributed by atoms with Gasteiger partial charge < -0.3 is 9.47 Å². The molecule has 118 valence electrons. The van der Waals surface area contributed by atoms with E-state index in [1.165, 1.54) is 25.0 Å². The normalized spacial score (nSPS) is 22.1. The van der Waals surface area contributed by atoms with Crippen molar-refractivity contribution in [1.82, 2.24) is 0 Å². The third kappa shape index (κ3) is 4.32. The first-order valence-electron chi connectivity index (χ1n) is 7.85. The second kappa shape index (κ2) is 7.62. The molecular formula is C17H24F2O2.